The van der Waals surface area contributed by atoms with E-state index in [0.717, 1.165) is 12.1 Å². The number of hydrogen-bond donors (Lipinski definition) is 3. The zero-order chi connectivity index (χ0) is 19.1. The van der Waals surface area contributed by atoms with Crippen LogP contribution in [0.15, 0.2) is 18.2 Å². The number of amides is 3. The number of nitrogens with zero attached hydrogens (tertiary/aromatic N) is 1. The van der Waals surface area contributed by atoms with Crippen molar-refractivity contribution in [3.8, 4) is 0 Å². The number of urea groups is 1. The van der Waals surface area contributed by atoms with E-state index in [1.165, 1.54) is 11.0 Å². The minimum absolute atomic E-state index is 0.00333. The van der Waals surface area contributed by atoms with Crippen LogP contribution in [0.5, 0.6) is 0 Å². The number of rotatable bonds is 7. The number of benzene rings is 1. The van der Waals surface area contributed by atoms with Crippen LogP contribution in [0.2, 0.25) is 0 Å². The van der Waals surface area contributed by atoms with Gasteiger partial charge in [-0.2, -0.15) is 0 Å². The molecule has 1 saturated heterocycles. The Kier molecular flexibility index (Phi) is 6.88. The molecule has 0 aliphatic carbocycles. The third-order valence-corrected chi connectivity index (χ3v) is 4.07. The molecule has 1 aromatic rings. The molecule has 1 aliphatic rings. The molecule has 1 aromatic carbocycles. The number of carbonyl (C=O) groups is 3. The monoisotopic (exact) mass is 369 g/mol. The molecule has 0 saturated carbocycles. The third kappa shape index (κ3) is 5.68. The van der Waals surface area contributed by atoms with Gasteiger partial charge in [0.05, 0.1) is 0 Å². The van der Waals surface area contributed by atoms with Gasteiger partial charge >= 0.3 is 12.0 Å². The highest BCUT2D eigenvalue weighted by Crippen LogP contribution is 2.17. The number of nitrogens with one attached hydrogen (secondary N) is 2. The summed E-state index contributed by atoms with van der Waals surface area (Å²) in [6, 6.07) is 1.91. The second-order valence-corrected chi connectivity index (χ2v) is 6.09. The number of aliphatic carboxylic acids is 1. The largest absolute Gasteiger partial charge is 0.481 e. The maximum absolute atomic E-state index is 13.8. The molecule has 1 atom stereocenters. The number of carbonyl (C=O) groups excluding carboxylic acids is 2. The van der Waals surface area contributed by atoms with E-state index in [0.29, 0.717) is 19.4 Å². The Morgan fingerprint density at radius 2 is 2.08 bits per heavy atom. The number of carboxylic acid groups (broad SMARTS) is 1. The number of halogens is 2. The molecule has 1 unspecified atom stereocenters. The first-order valence-corrected chi connectivity index (χ1v) is 8.35. The van der Waals surface area contributed by atoms with Crippen LogP contribution >= 0.6 is 0 Å². The highest BCUT2D eigenvalue weighted by Gasteiger charge is 2.30. The summed E-state index contributed by atoms with van der Waals surface area (Å²) >= 11 is 0. The summed E-state index contributed by atoms with van der Waals surface area (Å²) in [6.45, 7) is 0.612. The molecular formula is C17H21F2N3O4. The maximum Gasteiger partial charge on any atom is 0.315 e. The minimum atomic E-state index is -0.946. The fraction of sp³-hybridized carbons (Fsp3) is 0.471. The summed E-state index contributed by atoms with van der Waals surface area (Å²) in [7, 11) is 0. The van der Waals surface area contributed by atoms with Crippen molar-refractivity contribution < 1.29 is 28.3 Å². The summed E-state index contributed by atoms with van der Waals surface area (Å²) < 4.78 is 26.7. The molecule has 0 spiro atoms. The lowest BCUT2D eigenvalue weighted by molar-refractivity contribution is -0.137. The minimum Gasteiger partial charge on any atom is -0.481 e. The van der Waals surface area contributed by atoms with Crippen molar-refractivity contribution in [2.45, 2.75) is 38.3 Å². The predicted molar refractivity (Wildman–Crippen MR) is 88.2 cm³/mol. The lowest BCUT2D eigenvalue weighted by atomic mass is 10.0. The molecule has 2 rings (SSSR count). The molecule has 3 N–H and O–H groups in total. The van der Waals surface area contributed by atoms with Crippen LogP contribution in [0.1, 0.15) is 31.2 Å². The Balaban J connectivity index is 1.86. The smallest absolute Gasteiger partial charge is 0.315 e. The van der Waals surface area contributed by atoms with Gasteiger partial charge in [0, 0.05) is 37.7 Å². The van der Waals surface area contributed by atoms with Crippen molar-refractivity contribution in [3.63, 3.8) is 0 Å². The van der Waals surface area contributed by atoms with Gasteiger partial charge in [-0.05, 0) is 25.3 Å². The summed E-state index contributed by atoms with van der Waals surface area (Å²) in [5.74, 6) is -2.68. The first-order valence-electron chi connectivity index (χ1n) is 8.35. The van der Waals surface area contributed by atoms with Crippen molar-refractivity contribution in [1.29, 1.82) is 0 Å². The number of likely N-dealkylation sites (tertiary alicyclic amines) is 1. The third-order valence-electron chi connectivity index (χ3n) is 4.07. The number of piperidine rings is 1. The fourth-order valence-electron chi connectivity index (χ4n) is 2.74. The Hall–Kier alpha value is -2.71. The number of hydrogen-bond acceptors (Lipinski definition) is 3. The average molecular weight is 369 g/mol. The summed E-state index contributed by atoms with van der Waals surface area (Å²) in [5.41, 5.74) is 0.207. The Bertz CT molecular complexity index is 684. The summed E-state index contributed by atoms with van der Waals surface area (Å²) in [6.07, 6.45) is 1.33. The van der Waals surface area contributed by atoms with E-state index in [9.17, 15) is 23.2 Å². The number of carboxylic acids is 1. The second-order valence-electron chi connectivity index (χ2n) is 6.09. The second kappa shape index (κ2) is 9.12. The van der Waals surface area contributed by atoms with Gasteiger partial charge in [0.15, 0.2) is 0 Å². The first kappa shape index (κ1) is 19.6. The van der Waals surface area contributed by atoms with Crippen LogP contribution in [0.3, 0.4) is 0 Å². The normalized spacial score (nSPS) is 17.1. The lowest BCUT2D eigenvalue weighted by Crippen LogP contribution is -2.54. The van der Waals surface area contributed by atoms with E-state index in [2.05, 4.69) is 10.6 Å². The van der Waals surface area contributed by atoms with Gasteiger partial charge in [0.2, 0.25) is 5.91 Å². The lowest BCUT2D eigenvalue weighted by Gasteiger charge is -2.32. The van der Waals surface area contributed by atoms with Crippen molar-refractivity contribution in [1.82, 2.24) is 15.5 Å². The average Bonchev–Trinajstić information content (AvgIpc) is 2.57. The summed E-state index contributed by atoms with van der Waals surface area (Å²) in [4.78, 5) is 36.1. The molecule has 1 aliphatic heterocycles. The molecular weight excluding hydrogens is 348 g/mol. The molecule has 0 aromatic heterocycles. The van der Waals surface area contributed by atoms with Gasteiger partial charge in [-0.1, -0.05) is 6.07 Å². The van der Waals surface area contributed by atoms with Gasteiger partial charge in [-0.15, -0.1) is 0 Å². The zero-order valence-corrected chi connectivity index (χ0v) is 14.1. The summed E-state index contributed by atoms with van der Waals surface area (Å²) in [5, 5.41) is 13.6. The Morgan fingerprint density at radius 3 is 2.77 bits per heavy atom. The van der Waals surface area contributed by atoms with Crippen molar-refractivity contribution in [2.24, 2.45) is 0 Å². The van der Waals surface area contributed by atoms with Crippen LogP contribution in [0.25, 0.3) is 0 Å². The van der Waals surface area contributed by atoms with E-state index < -0.39 is 29.7 Å². The van der Waals surface area contributed by atoms with E-state index in [1.807, 2.05) is 0 Å². The Labute approximate surface area is 149 Å². The van der Waals surface area contributed by atoms with Crippen molar-refractivity contribution >= 4 is 17.9 Å². The van der Waals surface area contributed by atoms with Crippen LogP contribution in [0, 0.1) is 11.6 Å². The molecule has 0 bridgehead atoms. The van der Waals surface area contributed by atoms with Crippen molar-refractivity contribution in [3.05, 3.63) is 35.4 Å². The molecule has 7 nitrogen and oxygen atoms in total. The van der Waals surface area contributed by atoms with Gasteiger partial charge < -0.3 is 20.6 Å². The van der Waals surface area contributed by atoms with E-state index in [-0.39, 0.29) is 37.4 Å². The SMILES string of the molecule is O=C(O)CCCNC(=O)NC1CCCN(Cc2ccc(F)cc2F)C1=O. The molecule has 1 heterocycles. The standard InChI is InChI=1S/C17H21F2N3O4/c18-12-6-5-11(13(19)9-12)10-22-8-2-3-14(16(22)25)21-17(26)20-7-1-4-15(23)24/h5-6,9,14H,1-4,7-8,10H2,(H,23,24)(H2,20,21,26). The molecule has 9 heteroatoms. The van der Waals surface area contributed by atoms with Gasteiger partial charge in [-0.25, -0.2) is 13.6 Å². The maximum atomic E-state index is 13.8. The molecule has 0 radical (unpaired) electrons. The van der Waals surface area contributed by atoms with Crippen LogP contribution < -0.4 is 10.6 Å². The molecule has 3 amide bonds. The van der Waals surface area contributed by atoms with Crippen LogP contribution in [-0.4, -0.2) is 47.0 Å². The first-order chi connectivity index (χ1) is 12.4. The fourth-order valence-corrected chi connectivity index (χ4v) is 2.74. The molecule has 26 heavy (non-hydrogen) atoms. The van der Waals surface area contributed by atoms with Gasteiger partial charge in [-0.3, -0.25) is 9.59 Å². The highest BCUT2D eigenvalue weighted by molar-refractivity contribution is 5.87. The zero-order valence-electron chi connectivity index (χ0n) is 14.1. The highest BCUT2D eigenvalue weighted by atomic mass is 19.1. The predicted octanol–water partition coefficient (Wildman–Crippen LogP) is 1.62. The molecule has 142 valence electrons. The Morgan fingerprint density at radius 1 is 1.31 bits per heavy atom. The van der Waals surface area contributed by atoms with E-state index in [1.54, 1.807) is 0 Å². The topological polar surface area (TPSA) is 98.7 Å². The van der Waals surface area contributed by atoms with Crippen molar-refractivity contribution in [2.75, 3.05) is 13.1 Å². The van der Waals surface area contributed by atoms with Crippen LogP contribution in [0.4, 0.5) is 13.6 Å². The van der Waals surface area contributed by atoms with E-state index >= 15 is 0 Å². The van der Waals surface area contributed by atoms with Gasteiger partial charge in [0.25, 0.3) is 0 Å². The molecule has 1 fully saturated rings. The van der Waals surface area contributed by atoms with Crippen LogP contribution in [-0.2, 0) is 16.1 Å². The quantitative estimate of drug-likeness (QED) is 0.636. The van der Waals surface area contributed by atoms with Gasteiger partial charge in [0.1, 0.15) is 17.7 Å². The van der Waals surface area contributed by atoms with E-state index in [4.69, 9.17) is 5.11 Å².